The second-order valence-corrected chi connectivity index (χ2v) is 6.61. The summed E-state index contributed by atoms with van der Waals surface area (Å²) in [7, 11) is 0. The van der Waals surface area contributed by atoms with Crippen LogP contribution < -0.4 is 5.32 Å². The molecule has 0 heterocycles. The summed E-state index contributed by atoms with van der Waals surface area (Å²) >= 11 is 3.45. The van der Waals surface area contributed by atoms with E-state index in [1.54, 1.807) is 0 Å². The average Bonchev–Trinajstić information content (AvgIpc) is 2.26. The predicted octanol–water partition coefficient (Wildman–Crippen LogP) is 3.83. The van der Waals surface area contributed by atoms with E-state index in [0.29, 0.717) is 0 Å². The predicted molar refractivity (Wildman–Crippen MR) is 81.0 cm³/mol. The van der Waals surface area contributed by atoms with Crippen LogP contribution in [0.4, 0.5) is 0 Å². The third kappa shape index (κ3) is 5.74. The van der Waals surface area contributed by atoms with Gasteiger partial charge in [0.1, 0.15) is 11.6 Å². The van der Waals surface area contributed by atoms with E-state index in [9.17, 15) is 4.79 Å². The minimum atomic E-state index is -0.452. The van der Waals surface area contributed by atoms with Crippen LogP contribution in [0.2, 0.25) is 0 Å². The van der Waals surface area contributed by atoms with Gasteiger partial charge in [-0.3, -0.25) is 10.1 Å². The van der Waals surface area contributed by atoms with Gasteiger partial charge < -0.3 is 4.74 Å². The summed E-state index contributed by atoms with van der Waals surface area (Å²) in [5, 5.41) is 3.25. The highest BCUT2D eigenvalue weighted by Gasteiger charge is 2.22. The highest BCUT2D eigenvalue weighted by Crippen LogP contribution is 2.18. The van der Waals surface area contributed by atoms with Crippen LogP contribution in [0, 0.1) is 0 Å². The van der Waals surface area contributed by atoms with Crippen LogP contribution in [-0.4, -0.2) is 17.6 Å². The van der Waals surface area contributed by atoms with E-state index in [2.05, 4.69) is 21.2 Å². The lowest BCUT2D eigenvalue weighted by Gasteiger charge is -2.25. The maximum Gasteiger partial charge on any atom is 0.323 e. The van der Waals surface area contributed by atoms with Crippen molar-refractivity contribution in [3.05, 3.63) is 34.3 Å². The quantitative estimate of drug-likeness (QED) is 0.854. The standard InChI is InChI=1S/C15H22BrNO2/c1-10(12-7-6-8-13(16)9-12)17-11(2)14(18)19-15(3,4)5/h6-11,17H,1-5H3/t10-,11?/m0/s1. The molecule has 3 nitrogen and oxygen atoms in total. The Kier molecular flexibility index (Phi) is 5.56. The van der Waals surface area contributed by atoms with Crippen molar-refractivity contribution >= 4 is 21.9 Å². The van der Waals surface area contributed by atoms with Gasteiger partial charge in [0.05, 0.1) is 0 Å². The van der Waals surface area contributed by atoms with Gasteiger partial charge in [-0.25, -0.2) is 0 Å². The molecule has 0 amide bonds. The largest absolute Gasteiger partial charge is 0.459 e. The molecule has 0 fully saturated rings. The summed E-state index contributed by atoms with van der Waals surface area (Å²) in [6, 6.07) is 7.78. The van der Waals surface area contributed by atoms with Crippen LogP contribution in [0.3, 0.4) is 0 Å². The van der Waals surface area contributed by atoms with Gasteiger partial charge in [0.25, 0.3) is 0 Å². The van der Waals surface area contributed by atoms with E-state index < -0.39 is 5.60 Å². The van der Waals surface area contributed by atoms with Gasteiger partial charge in [0.15, 0.2) is 0 Å². The fourth-order valence-electron chi connectivity index (χ4n) is 1.71. The Balaban J connectivity index is 2.61. The molecule has 0 radical (unpaired) electrons. The number of halogens is 1. The summed E-state index contributed by atoms with van der Waals surface area (Å²) in [6.45, 7) is 9.46. The number of carbonyl (C=O) groups excluding carboxylic acids is 1. The average molecular weight is 328 g/mol. The lowest BCUT2D eigenvalue weighted by Crippen LogP contribution is -2.40. The molecule has 1 unspecified atom stereocenters. The van der Waals surface area contributed by atoms with E-state index in [-0.39, 0.29) is 18.1 Å². The molecule has 1 N–H and O–H groups in total. The molecular weight excluding hydrogens is 306 g/mol. The number of ether oxygens (including phenoxy) is 1. The molecule has 0 aliphatic rings. The third-order valence-electron chi connectivity index (χ3n) is 2.61. The Bertz CT molecular complexity index is 440. The van der Waals surface area contributed by atoms with Crippen molar-refractivity contribution in [3.8, 4) is 0 Å². The van der Waals surface area contributed by atoms with Gasteiger partial charge in [-0.2, -0.15) is 0 Å². The molecule has 1 rings (SSSR count). The van der Waals surface area contributed by atoms with Crippen LogP contribution in [0.1, 0.15) is 46.2 Å². The Labute approximate surface area is 123 Å². The topological polar surface area (TPSA) is 38.3 Å². The van der Waals surface area contributed by atoms with Crippen molar-refractivity contribution in [1.29, 1.82) is 0 Å². The SMILES string of the molecule is CC(N[C@@H](C)c1cccc(Br)c1)C(=O)OC(C)(C)C. The van der Waals surface area contributed by atoms with E-state index in [1.165, 1.54) is 0 Å². The number of hydrogen-bond acceptors (Lipinski definition) is 3. The Morgan fingerprint density at radius 2 is 1.95 bits per heavy atom. The van der Waals surface area contributed by atoms with Crippen LogP contribution >= 0.6 is 15.9 Å². The fourth-order valence-corrected chi connectivity index (χ4v) is 2.12. The zero-order chi connectivity index (χ0) is 14.6. The van der Waals surface area contributed by atoms with Gasteiger partial charge >= 0.3 is 5.97 Å². The van der Waals surface area contributed by atoms with Crippen LogP contribution in [0.5, 0.6) is 0 Å². The van der Waals surface area contributed by atoms with Crippen molar-refractivity contribution in [2.75, 3.05) is 0 Å². The maximum atomic E-state index is 11.9. The van der Waals surface area contributed by atoms with Crippen LogP contribution in [-0.2, 0) is 9.53 Å². The Morgan fingerprint density at radius 3 is 2.47 bits per heavy atom. The van der Waals surface area contributed by atoms with Crippen LogP contribution in [0.25, 0.3) is 0 Å². The second kappa shape index (κ2) is 6.53. The number of nitrogens with one attached hydrogen (secondary N) is 1. The summed E-state index contributed by atoms with van der Waals surface area (Å²) in [4.78, 5) is 11.9. The molecule has 0 saturated heterocycles. The smallest absolute Gasteiger partial charge is 0.323 e. The van der Waals surface area contributed by atoms with E-state index >= 15 is 0 Å². The molecule has 0 spiro atoms. The molecule has 106 valence electrons. The van der Waals surface area contributed by atoms with Gasteiger partial charge in [-0.05, 0) is 52.3 Å². The molecular formula is C15H22BrNO2. The van der Waals surface area contributed by atoms with Crippen molar-refractivity contribution in [2.45, 2.75) is 52.3 Å². The first-order valence-corrected chi connectivity index (χ1v) is 7.23. The Morgan fingerprint density at radius 1 is 1.32 bits per heavy atom. The highest BCUT2D eigenvalue weighted by molar-refractivity contribution is 9.10. The van der Waals surface area contributed by atoms with E-state index in [4.69, 9.17) is 4.74 Å². The van der Waals surface area contributed by atoms with Gasteiger partial charge in [0.2, 0.25) is 0 Å². The fraction of sp³-hybridized carbons (Fsp3) is 0.533. The zero-order valence-electron chi connectivity index (χ0n) is 12.2. The minimum Gasteiger partial charge on any atom is -0.459 e. The maximum absolute atomic E-state index is 11.9. The first kappa shape index (κ1) is 16.2. The number of benzene rings is 1. The second-order valence-electron chi connectivity index (χ2n) is 5.70. The lowest BCUT2D eigenvalue weighted by atomic mass is 10.1. The lowest BCUT2D eigenvalue weighted by molar-refractivity contribution is -0.157. The number of hydrogen-bond donors (Lipinski definition) is 1. The summed E-state index contributed by atoms with van der Waals surface area (Å²) in [5.41, 5.74) is 0.677. The Hall–Kier alpha value is -0.870. The van der Waals surface area contributed by atoms with E-state index in [1.807, 2.05) is 58.9 Å². The zero-order valence-corrected chi connectivity index (χ0v) is 13.7. The molecule has 0 saturated carbocycles. The molecule has 0 aliphatic carbocycles. The third-order valence-corrected chi connectivity index (χ3v) is 3.10. The number of rotatable bonds is 4. The molecule has 0 aromatic heterocycles. The summed E-state index contributed by atoms with van der Waals surface area (Å²) < 4.78 is 6.38. The highest BCUT2D eigenvalue weighted by atomic mass is 79.9. The van der Waals surface area contributed by atoms with Gasteiger partial charge in [-0.1, -0.05) is 28.1 Å². The first-order chi connectivity index (χ1) is 8.69. The van der Waals surface area contributed by atoms with Crippen molar-refractivity contribution < 1.29 is 9.53 Å². The normalized spacial score (nSPS) is 14.8. The molecule has 0 aliphatic heterocycles. The molecule has 1 aromatic carbocycles. The van der Waals surface area contributed by atoms with Crippen molar-refractivity contribution in [3.63, 3.8) is 0 Å². The number of esters is 1. The van der Waals surface area contributed by atoms with E-state index in [0.717, 1.165) is 10.0 Å². The minimum absolute atomic E-state index is 0.0834. The molecule has 0 bridgehead atoms. The summed E-state index contributed by atoms with van der Waals surface area (Å²) in [5.74, 6) is -0.227. The molecule has 2 atom stereocenters. The molecule has 19 heavy (non-hydrogen) atoms. The summed E-state index contributed by atoms with van der Waals surface area (Å²) in [6.07, 6.45) is 0. The van der Waals surface area contributed by atoms with Gasteiger partial charge in [0, 0.05) is 10.5 Å². The molecule has 1 aromatic rings. The van der Waals surface area contributed by atoms with Gasteiger partial charge in [-0.15, -0.1) is 0 Å². The van der Waals surface area contributed by atoms with Crippen molar-refractivity contribution in [1.82, 2.24) is 5.32 Å². The van der Waals surface area contributed by atoms with Crippen LogP contribution in [0.15, 0.2) is 28.7 Å². The molecule has 4 heteroatoms. The van der Waals surface area contributed by atoms with Crippen molar-refractivity contribution in [2.24, 2.45) is 0 Å². The monoisotopic (exact) mass is 327 g/mol. The first-order valence-electron chi connectivity index (χ1n) is 6.43. The number of carbonyl (C=O) groups is 1.